The van der Waals surface area contributed by atoms with Crippen LogP contribution in [-0.4, -0.2) is 12.4 Å². The summed E-state index contributed by atoms with van der Waals surface area (Å²) in [6, 6.07) is 6.81. The molecule has 0 saturated heterocycles. The molecule has 2 saturated carbocycles. The molecular formula is C23H32O2. The van der Waals surface area contributed by atoms with E-state index in [1.54, 1.807) is 5.56 Å². The predicted octanol–water partition coefficient (Wildman–Crippen LogP) is 5.68. The van der Waals surface area contributed by atoms with Crippen molar-refractivity contribution in [1.29, 1.82) is 0 Å². The van der Waals surface area contributed by atoms with Crippen LogP contribution in [0.2, 0.25) is 0 Å². The molecule has 25 heavy (non-hydrogen) atoms. The number of ether oxygens (including phenoxy) is 1. The first-order chi connectivity index (χ1) is 12.1. The van der Waals surface area contributed by atoms with E-state index in [1.807, 2.05) is 0 Å². The van der Waals surface area contributed by atoms with Crippen LogP contribution in [0.25, 0.3) is 0 Å². The van der Waals surface area contributed by atoms with Crippen LogP contribution in [0.1, 0.15) is 82.3 Å². The van der Waals surface area contributed by atoms with E-state index in [0.29, 0.717) is 23.5 Å². The van der Waals surface area contributed by atoms with Gasteiger partial charge in [-0.25, -0.2) is 0 Å². The molecule has 2 fully saturated rings. The average Bonchev–Trinajstić information content (AvgIpc) is 2.93. The predicted molar refractivity (Wildman–Crippen MR) is 101 cm³/mol. The molecule has 2 nitrogen and oxygen atoms in total. The summed E-state index contributed by atoms with van der Waals surface area (Å²) in [5.41, 5.74) is 3.04. The molecule has 1 aromatic carbocycles. The Bertz CT molecular complexity index is 649. The number of fused-ring (bicyclic) bond motifs is 5. The van der Waals surface area contributed by atoms with Crippen molar-refractivity contribution in [2.24, 2.45) is 17.3 Å². The maximum atomic E-state index is 12.4. The summed E-state index contributed by atoms with van der Waals surface area (Å²) in [6.07, 6.45) is 10.3. The van der Waals surface area contributed by atoms with Crippen molar-refractivity contribution >= 4 is 5.78 Å². The summed E-state index contributed by atoms with van der Waals surface area (Å²) in [4.78, 5) is 12.4. The number of Topliss-reactive ketones (excluding diaryl/α,β-unsaturated/α-hetero) is 1. The van der Waals surface area contributed by atoms with Crippen molar-refractivity contribution in [3.63, 3.8) is 0 Å². The van der Waals surface area contributed by atoms with Crippen LogP contribution in [0, 0.1) is 17.3 Å². The van der Waals surface area contributed by atoms with Gasteiger partial charge in [-0.2, -0.15) is 0 Å². The fourth-order valence-corrected chi connectivity index (χ4v) is 5.96. The highest BCUT2D eigenvalue weighted by molar-refractivity contribution is 5.87. The van der Waals surface area contributed by atoms with Crippen molar-refractivity contribution in [3.05, 3.63) is 29.3 Å². The molecule has 0 aliphatic heterocycles. The lowest BCUT2D eigenvalue weighted by atomic mass is 9.55. The molecule has 4 atom stereocenters. The lowest BCUT2D eigenvalue weighted by molar-refractivity contribution is -0.129. The first-order valence-corrected chi connectivity index (χ1v) is 10.4. The zero-order valence-corrected chi connectivity index (χ0v) is 15.9. The Balaban J connectivity index is 1.50. The van der Waals surface area contributed by atoms with E-state index in [4.69, 9.17) is 4.74 Å². The Morgan fingerprint density at radius 1 is 1.16 bits per heavy atom. The lowest BCUT2D eigenvalue weighted by Gasteiger charge is -2.48. The molecule has 0 aromatic heterocycles. The number of carbonyl (C=O) groups is 1. The second-order valence-electron chi connectivity index (χ2n) is 8.75. The normalized spacial score (nSPS) is 33.5. The fourth-order valence-electron chi connectivity index (χ4n) is 5.96. The van der Waals surface area contributed by atoms with Crippen LogP contribution in [0.4, 0.5) is 0 Å². The number of carbonyl (C=O) groups excluding carboxylic acids is 1. The van der Waals surface area contributed by atoms with E-state index in [9.17, 15) is 4.79 Å². The topological polar surface area (TPSA) is 26.3 Å². The van der Waals surface area contributed by atoms with Gasteiger partial charge in [-0.1, -0.05) is 32.8 Å². The molecule has 0 bridgehead atoms. The fraction of sp³-hybridized carbons (Fsp3) is 0.696. The number of hydrogen-bond donors (Lipinski definition) is 0. The molecule has 1 aromatic rings. The van der Waals surface area contributed by atoms with Gasteiger partial charge in [0.2, 0.25) is 0 Å². The molecule has 0 heterocycles. The molecule has 4 rings (SSSR count). The van der Waals surface area contributed by atoms with Crippen molar-refractivity contribution < 1.29 is 9.53 Å². The van der Waals surface area contributed by atoms with Gasteiger partial charge in [-0.15, -0.1) is 0 Å². The number of hydrogen-bond acceptors (Lipinski definition) is 2. The maximum Gasteiger partial charge on any atom is 0.139 e. The van der Waals surface area contributed by atoms with E-state index in [1.165, 1.54) is 31.2 Å². The number of ketones is 1. The van der Waals surface area contributed by atoms with Crippen LogP contribution in [-0.2, 0) is 11.2 Å². The van der Waals surface area contributed by atoms with Gasteiger partial charge in [0.25, 0.3) is 0 Å². The maximum absolute atomic E-state index is 12.4. The van der Waals surface area contributed by atoms with Gasteiger partial charge in [-0.3, -0.25) is 4.79 Å². The van der Waals surface area contributed by atoms with Crippen molar-refractivity contribution in [1.82, 2.24) is 0 Å². The van der Waals surface area contributed by atoms with E-state index in [2.05, 4.69) is 32.0 Å². The summed E-state index contributed by atoms with van der Waals surface area (Å²) >= 11 is 0. The Morgan fingerprint density at radius 2 is 2.04 bits per heavy atom. The Hall–Kier alpha value is -1.31. The quantitative estimate of drug-likeness (QED) is 0.644. The van der Waals surface area contributed by atoms with E-state index >= 15 is 0 Å². The Labute approximate surface area is 152 Å². The number of unbranched alkanes of at least 4 members (excludes halogenated alkanes) is 2. The highest BCUT2D eigenvalue weighted by atomic mass is 16.5. The SMILES string of the molecule is CCCCCOc1ccc2c(c1)CCC1C2CC[C@]2(C)C(=O)CCC12. The van der Waals surface area contributed by atoms with Gasteiger partial charge in [0.05, 0.1) is 6.61 Å². The van der Waals surface area contributed by atoms with Gasteiger partial charge in [0.1, 0.15) is 11.5 Å². The van der Waals surface area contributed by atoms with Crippen LogP contribution in [0.15, 0.2) is 18.2 Å². The van der Waals surface area contributed by atoms with Crippen LogP contribution < -0.4 is 4.74 Å². The van der Waals surface area contributed by atoms with Crippen molar-refractivity contribution in [2.75, 3.05) is 6.61 Å². The average molecular weight is 341 g/mol. The standard InChI is InChI=1S/C23H32O2/c1-3-4-5-14-25-17-7-9-18-16(15-17)6-8-20-19(18)12-13-23(2)21(20)10-11-22(23)24/h7,9,15,19-21H,3-6,8,10-14H2,1-2H3/t19?,20?,21?,23-/m0/s1. The first kappa shape index (κ1) is 17.1. The molecule has 3 aliphatic carbocycles. The lowest BCUT2D eigenvalue weighted by Crippen LogP contribution is -2.42. The Kier molecular flexibility index (Phi) is 4.64. The zero-order valence-electron chi connectivity index (χ0n) is 15.9. The van der Waals surface area contributed by atoms with Gasteiger partial charge >= 0.3 is 0 Å². The van der Waals surface area contributed by atoms with Crippen LogP contribution in [0.3, 0.4) is 0 Å². The largest absolute Gasteiger partial charge is 0.494 e. The number of rotatable bonds is 5. The molecule has 3 aliphatic rings. The van der Waals surface area contributed by atoms with E-state index < -0.39 is 0 Å². The second kappa shape index (κ2) is 6.78. The third kappa shape index (κ3) is 2.92. The highest BCUT2D eigenvalue weighted by Gasteiger charge is 2.54. The molecular weight excluding hydrogens is 308 g/mol. The minimum atomic E-state index is -0.0129. The van der Waals surface area contributed by atoms with Gasteiger partial charge in [-0.05, 0) is 79.5 Å². The van der Waals surface area contributed by atoms with Crippen LogP contribution in [0.5, 0.6) is 5.75 Å². The second-order valence-corrected chi connectivity index (χ2v) is 8.75. The van der Waals surface area contributed by atoms with Crippen molar-refractivity contribution in [2.45, 2.75) is 77.6 Å². The molecule has 0 amide bonds. The van der Waals surface area contributed by atoms with E-state index in [0.717, 1.165) is 44.5 Å². The number of benzene rings is 1. The van der Waals surface area contributed by atoms with Gasteiger partial charge < -0.3 is 4.74 Å². The monoisotopic (exact) mass is 340 g/mol. The molecule has 3 unspecified atom stereocenters. The Morgan fingerprint density at radius 3 is 2.88 bits per heavy atom. The molecule has 0 spiro atoms. The summed E-state index contributed by atoms with van der Waals surface area (Å²) in [5, 5.41) is 0. The minimum absolute atomic E-state index is 0.0129. The van der Waals surface area contributed by atoms with Crippen molar-refractivity contribution in [3.8, 4) is 5.75 Å². The molecule has 136 valence electrons. The van der Waals surface area contributed by atoms with Gasteiger partial charge in [0, 0.05) is 11.8 Å². The highest BCUT2D eigenvalue weighted by Crippen LogP contribution is 2.59. The summed E-state index contributed by atoms with van der Waals surface area (Å²) in [7, 11) is 0. The third-order valence-electron chi connectivity index (χ3n) is 7.42. The number of aryl methyl sites for hydroxylation is 1. The summed E-state index contributed by atoms with van der Waals surface area (Å²) in [5.74, 6) is 3.59. The first-order valence-electron chi connectivity index (χ1n) is 10.4. The zero-order chi connectivity index (χ0) is 17.4. The molecule has 2 heteroatoms. The third-order valence-corrected chi connectivity index (χ3v) is 7.42. The van der Waals surface area contributed by atoms with E-state index in [-0.39, 0.29) is 5.41 Å². The van der Waals surface area contributed by atoms with Gasteiger partial charge in [0.15, 0.2) is 0 Å². The molecule has 0 radical (unpaired) electrons. The summed E-state index contributed by atoms with van der Waals surface area (Å²) < 4.78 is 5.96. The smallest absolute Gasteiger partial charge is 0.139 e. The summed E-state index contributed by atoms with van der Waals surface area (Å²) in [6.45, 7) is 5.32. The molecule has 0 N–H and O–H groups in total. The van der Waals surface area contributed by atoms with Crippen LogP contribution >= 0.6 is 0 Å². The minimum Gasteiger partial charge on any atom is -0.494 e.